The highest BCUT2D eigenvalue weighted by Crippen LogP contribution is 2.19. The van der Waals surface area contributed by atoms with E-state index in [2.05, 4.69) is 14.8 Å². The predicted octanol–water partition coefficient (Wildman–Crippen LogP) is 3.85. The highest BCUT2D eigenvalue weighted by Gasteiger charge is 2.16. The molecule has 10 heteroatoms. The fraction of sp³-hybridized carbons (Fsp3) is 0.200. The number of hydrogen-bond acceptors (Lipinski definition) is 4. The summed E-state index contributed by atoms with van der Waals surface area (Å²) < 4.78 is 29.5. The van der Waals surface area contributed by atoms with Crippen molar-refractivity contribution in [2.75, 3.05) is 6.61 Å². The van der Waals surface area contributed by atoms with Gasteiger partial charge in [0.25, 0.3) is 5.91 Å². The Hall–Kier alpha value is -2.64. The van der Waals surface area contributed by atoms with Gasteiger partial charge in [-0.15, -0.1) is 9.42 Å². The van der Waals surface area contributed by atoms with Crippen LogP contribution in [0.15, 0.2) is 47.4 Å². The average molecular weight is 452 g/mol. The van der Waals surface area contributed by atoms with Crippen molar-refractivity contribution in [2.45, 2.75) is 19.4 Å². The van der Waals surface area contributed by atoms with Gasteiger partial charge in [-0.1, -0.05) is 23.7 Å². The largest absolute Gasteiger partial charge is 0.694 e. The molecule has 0 aliphatic heterocycles. The van der Waals surface area contributed by atoms with Crippen molar-refractivity contribution < 1.29 is 23.2 Å². The molecule has 3 rings (SSSR count). The van der Waals surface area contributed by atoms with Gasteiger partial charge >= 0.3 is 8.25 Å². The van der Waals surface area contributed by atoms with Gasteiger partial charge in [0.15, 0.2) is 0 Å². The first-order chi connectivity index (χ1) is 14.3. The number of rotatable bonds is 8. The number of aromatic amines is 1. The zero-order chi connectivity index (χ0) is 21.7. The van der Waals surface area contributed by atoms with E-state index in [9.17, 15) is 18.5 Å². The molecule has 1 aromatic heterocycles. The predicted molar refractivity (Wildman–Crippen MR) is 111 cm³/mol. The molecule has 0 bridgehead atoms. The van der Waals surface area contributed by atoms with Gasteiger partial charge in [0.2, 0.25) is 5.43 Å². The van der Waals surface area contributed by atoms with Crippen molar-refractivity contribution in [2.24, 2.45) is 0 Å². The molecule has 156 valence electrons. The second-order valence-electron chi connectivity index (χ2n) is 6.52. The summed E-state index contributed by atoms with van der Waals surface area (Å²) in [6.07, 6.45) is 1.89. The summed E-state index contributed by atoms with van der Waals surface area (Å²) in [6, 6.07) is 9.68. The van der Waals surface area contributed by atoms with Crippen LogP contribution in [-0.4, -0.2) is 22.4 Å². The second kappa shape index (κ2) is 9.91. The summed E-state index contributed by atoms with van der Waals surface area (Å²) in [5.41, 5.74) is 0.611. The van der Waals surface area contributed by atoms with Crippen LogP contribution in [0.25, 0.3) is 10.9 Å². The van der Waals surface area contributed by atoms with E-state index in [0.717, 1.165) is 5.56 Å². The standard InChI is InChI=1S/C20H17ClFN2O5P/c21-14-5-3-12(4-6-14)10-24-20(26)16-11-23-18-15(19(16)25)8-13(9-17(18)22)2-1-7-29-30(27)28/h3-6,8-9,11H,1-2,7,10H2,(H2-,23,24,25,26,27,28)/p+1. The van der Waals surface area contributed by atoms with Crippen LogP contribution in [0.4, 0.5) is 4.39 Å². The number of hydrogen-bond donors (Lipinski definition) is 3. The third-order valence-corrected chi connectivity index (χ3v) is 5.08. The molecule has 0 aliphatic rings. The molecule has 0 aliphatic carbocycles. The highest BCUT2D eigenvalue weighted by atomic mass is 35.5. The summed E-state index contributed by atoms with van der Waals surface area (Å²) in [7, 11) is -2.68. The minimum atomic E-state index is -2.68. The number of amides is 1. The number of nitrogens with one attached hydrogen (secondary N) is 2. The molecular formula is C20H18ClFN2O5P+. The summed E-state index contributed by atoms with van der Waals surface area (Å²) in [6.45, 7) is 0.226. The Labute approximate surface area is 176 Å². The number of carbonyl (C=O) groups excluding carboxylic acids is 1. The molecule has 3 N–H and O–H groups in total. The van der Waals surface area contributed by atoms with Crippen molar-refractivity contribution in [3.63, 3.8) is 0 Å². The van der Waals surface area contributed by atoms with Crippen LogP contribution in [-0.2, 0) is 22.1 Å². The smallest absolute Gasteiger partial charge is 0.358 e. The molecule has 0 spiro atoms. The third-order valence-electron chi connectivity index (χ3n) is 4.42. The van der Waals surface area contributed by atoms with Crippen molar-refractivity contribution in [1.82, 2.24) is 10.3 Å². The molecule has 0 radical (unpaired) electrons. The molecule has 0 saturated heterocycles. The quantitative estimate of drug-likeness (QED) is 0.356. The lowest BCUT2D eigenvalue weighted by Gasteiger charge is -2.08. The Balaban J connectivity index is 1.79. The lowest BCUT2D eigenvalue weighted by Crippen LogP contribution is -2.28. The van der Waals surface area contributed by atoms with E-state index < -0.39 is 25.4 Å². The maximum Gasteiger partial charge on any atom is 0.694 e. The number of halogens is 2. The van der Waals surface area contributed by atoms with Crippen molar-refractivity contribution in [1.29, 1.82) is 0 Å². The number of H-pyrrole nitrogens is 1. The summed E-state index contributed by atoms with van der Waals surface area (Å²) in [4.78, 5) is 36.6. The van der Waals surface area contributed by atoms with Gasteiger partial charge in [-0.05, 0) is 48.2 Å². The number of aryl methyl sites for hydroxylation is 1. The number of aromatic nitrogens is 1. The van der Waals surface area contributed by atoms with Gasteiger partial charge in [0.1, 0.15) is 18.0 Å². The fourth-order valence-corrected chi connectivity index (χ4v) is 3.37. The molecule has 1 atom stereocenters. The van der Waals surface area contributed by atoms with Crippen molar-refractivity contribution >= 4 is 36.7 Å². The molecule has 1 heterocycles. The Bertz CT molecular complexity index is 1150. The fourth-order valence-electron chi connectivity index (χ4n) is 2.96. The van der Waals surface area contributed by atoms with Gasteiger partial charge < -0.3 is 10.3 Å². The summed E-state index contributed by atoms with van der Waals surface area (Å²) >= 11 is 5.83. The molecule has 1 amide bonds. The first-order valence-electron chi connectivity index (χ1n) is 9.00. The monoisotopic (exact) mass is 451 g/mol. The molecule has 0 fully saturated rings. The Morgan fingerprint density at radius 3 is 2.67 bits per heavy atom. The molecule has 3 aromatic rings. The van der Waals surface area contributed by atoms with Gasteiger partial charge in [-0.2, -0.15) is 0 Å². The highest BCUT2D eigenvalue weighted by molar-refractivity contribution is 7.32. The van der Waals surface area contributed by atoms with Crippen molar-refractivity contribution in [3.05, 3.63) is 80.3 Å². The van der Waals surface area contributed by atoms with E-state index in [1.165, 1.54) is 18.3 Å². The topological polar surface area (TPSA) is 108 Å². The number of carbonyl (C=O) groups is 1. The maximum absolute atomic E-state index is 14.4. The van der Waals surface area contributed by atoms with E-state index in [1.807, 2.05) is 0 Å². The first kappa shape index (κ1) is 22.1. The van der Waals surface area contributed by atoms with E-state index in [-0.39, 0.29) is 29.6 Å². The number of benzene rings is 2. The summed E-state index contributed by atoms with van der Waals surface area (Å²) in [5, 5.41) is 3.29. The van der Waals surface area contributed by atoms with Crippen LogP contribution < -0.4 is 10.7 Å². The summed E-state index contributed by atoms with van der Waals surface area (Å²) in [5.74, 6) is -1.21. The zero-order valence-electron chi connectivity index (χ0n) is 15.7. The second-order valence-corrected chi connectivity index (χ2v) is 7.69. The molecule has 1 unspecified atom stereocenters. The lowest BCUT2D eigenvalue weighted by atomic mass is 10.0. The van der Waals surface area contributed by atoms with Crippen LogP contribution >= 0.6 is 19.9 Å². The van der Waals surface area contributed by atoms with Gasteiger partial charge in [-0.3, -0.25) is 9.59 Å². The van der Waals surface area contributed by atoms with E-state index in [1.54, 1.807) is 24.3 Å². The van der Waals surface area contributed by atoms with Gasteiger partial charge in [0, 0.05) is 27.7 Å². The van der Waals surface area contributed by atoms with Gasteiger partial charge in [0.05, 0.1) is 5.52 Å². The molecule has 0 saturated carbocycles. The molecule has 2 aromatic carbocycles. The zero-order valence-corrected chi connectivity index (χ0v) is 17.3. The molecular weight excluding hydrogens is 434 g/mol. The first-order valence-corrected chi connectivity index (χ1v) is 10.5. The third kappa shape index (κ3) is 5.49. The number of fused-ring (bicyclic) bond motifs is 1. The average Bonchev–Trinajstić information content (AvgIpc) is 2.71. The van der Waals surface area contributed by atoms with Crippen LogP contribution in [0.3, 0.4) is 0 Å². The van der Waals surface area contributed by atoms with Crippen LogP contribution in [0.2, 0.25) is 5.02 Å². The van der Waals surface area contributed by atoms with Crippen LogP contribution in [0.1, 0.15) is 27.9 Å². The normalized spacial score (nSPS) is 11.5. The Kier molecular flexibility index (Phi) is 7.29. The van der Waals surface area contributed by atoms with E-state index in [4.69, 9.17) is 16.5 Å². The SMILES string of the molecule is O=C(NCc1ccc(Cl)cc1)c1c[nH]c2c(F)cc(CCCO[P+](=O)O)cc2c1=O. The molecule has 30 heavy (non-hydrogen) atoms. The lowest BCUT2D eigenvalue weighted by molar-refractivity contribution is 0.0949. The van der Waals surface area contributed by atoms with Crippen LogP contribution in [0.5, 0.6) is 0 Å². The minimum absolute atomic E-state index is 0.00712. The molecule has 7 nitrogen and oxygen atoms in total. The Morgan fingerprint density at radius 2 is 1.97 bits per heavy atom. The maximum atomic E-state index is 14.4. The van der Waals surface area contributed by atoms with Gasteiger partial charge in [-0.25, -0.2) is 4.39 Å². The van der Waals surface area contributed by atoms with E-state index in [0.29, 0.717) is 23.4 Å². The van der Waals surface area contributed by atoms with Crippen LogP contribution in [0, 0.1) is 5.82 Å². The minimum Gasteiger partial charge on any atom is -0.358 e. The van der Waals surface area contributed by atoms with Crippen molar-refractivity contribution in [3.8, 4) is 0 Å². The number of pyridine rings is 1. The Morgan fingerprint density at radius 1 is 1.23 bits per heavy atom. The van der Waals surface area contributed by atoms with E-state index >= 15 is 0 Å².